The molecule has 7 nitrogen and oxygen atoms in total. The molecule has 0 aliphatic heterocycles. The molecular formula is C58H36N6O. The third kappa shape index (κ3) is 5.98. The number of fused-ring (bicyclic) bond motifs is 8. The monoisotopic (exact) mass is 832 g/mol. The largest absolute Gasteiger partial charge is 0.435 e. The predicted molar refractivity (Wildman–Crippen MR) is 263 cm³/mol. The van der Waals surface area contributed by atoms with Crippen molar-refractivity contribution in [1.29, 1.82) is 0 Å². The van der Waals surface area contributed by atoms with Crippen molar-refractivity contribution in [3.63, 3.8) is 0 Å². The van der Waals surface area contributed by atoms with Crippen molar-refractivity contribution in [2.45, 2.75) is 0 Å². The van der Waals surface area contributed by atoms with Crippen LogP contribution in [0.2, 0.25) is 0 Å². The zero-order valence-corrected chi connectivity index (χ0v) is 34.9. The van der Waals surface area contributed by atoms with Gasteiger partial charge in [-0.1, -0.05) is 170 Å². The van der Waals surface area contributed by atoms with Gasteiger partial charge in [-0.15, -0.1) is 0 Å². The first-order valence-corrected chi connectivity index (χ1v) is 21.7. The van der Waals surface area contributed by atoms with E-state index < -0.39 is 0 Å². The van der Waals surface area contributed by atoms with E-state index in [1.165, 1.54) is 16.3 Å². The van der Waals surface area contributed by atoms with Crippen LogP contribution in [0.1, 0.15) is 0 Å². The van der Waals surface area contributed by atoms with Gasteiger partial charge in [-0.3, -0.25) is 4.57 Å². The van der Waals surface area contributed by atoms with Gasteiger partial charge >= 0.3 is 0 Å². The van der Waals surface area contributed by atoms with E-state index in [1.54, 1.807) is 0 Å². The van der Waals surface area contributed by atoms with Crippen LogP contribution in [-0.4, -0.2) is 29.1 Å². The summed E-state index contributed by atoms with van der Waals surface area (Å²) in [6.45, 7) is 0. The first-order chi connectivity index (χ1) is 32.2. The number of nitrogens with zero attached hydrogens (tertiary/aromatic N) is 6. The van der Waals surface area contributed by atoms with Crippen molar-refractivity contribution in [3.8, 4) is 68.1 Å². The second kappa shape index (κ2) is 14.9. The summed E-state index contributed by atoms with van der Waals surface area (Å²) in [4.78, 5) is 21.0. The maximum atomic E-state index is 6.82. The van der Waals surface area contributed by atoms with Gasteiger partial charge in [0.25, 0.3) is 0 Å². The van der Waals surface area contributed by atoms with E-state index in [-0.39, 0.29) is 0 Å². The van der Waals surface area contributed by atoms with E-state index in [1.807, 2.05) is 72.8 Å². The predicted octanol–water partition coefficient (Wildman–Crippen LogP) is 14.5. The Morgan fingerprint density at radius 2 is 0.923 bits per heavy atom. The average molecular weight is 833 g/mol. The van der Waals surface area contributed by atoms with E-state index in [0.717, 1.165) is 77.4 Å². The molecule has 304 valence electrons. The molecule has 0 N–H and O–H groups in total. The minimum Gasteiger partial charge on any atom is -0.435 e. The van der Waals surface area contributed by atoms with Crippen molar-refractivity contribution in [2.24, 2.45) is 0 Å². The smallest absolute Gasteiger partial charge is 0.238 e. The lowest BCUT2D eigenvalue weighted by molar-refractivity contribution is 0.623. The van der Waals surface area contributed by atoms with Crippen LogP contribution in [0.5, 0.6) is 0 Å². The minimum absolute atomic E-state index is 0.485. The van der Waals surface area contributed by atoms with Crippen LogP contribution in [0.4, 0.5) is 0 Å². The number of rotatable bonds is 7. The molecule has 13 aromatic rings. The summed E-state index contributed by atoms with van der Waals surface area (Å²) in [5.41, 5.74) is 13.6. The molecule has 0 fully saturated rings. The molecule has 0 bridgehead atoms. The van der Waals surface area contributed by atoms with E-state index in [0.29, 0.717) is 29.1 Å². The Kier molecular flexibility index (Phi) is 8.39. The minimum atomic E-state index is 0.485. The molecule has 4 heterocycles. The highest BCUT2D eigenvalue weighted by molar-refractivity contribution is 6.22. The SMILES string of the molecule is c1ccc(-c2cccc(-c3nc(-c4ccccc4)nc(-n4c5ccc6nc(-c7ccccc7)oc6c5c5cccc(-n6c7ccccc7c7c(-c8ccccc8)cccc76)c54)n3)c2)cc1. The molecule has 9 aromatic carbocycles. The summed E-state index contributed by atoms with van der Waals surface area (Å²) < 4.78 is 11.4. The number of aromatic nitrogens is 6. The maximum absolute atomic E-state index is 6.82. The van der Waals surface area contributed by atoms with Gasteiger partial charge < -0.3 is 8.98 Å². The van der Waals surface area contributed by atoms with Gasteiger partial charge in [0.1, 0.15) is 5.52 Å². The van der Waals surface area contributed by atoms with Crippen LogP contribution in [0.25, 0.3) is 123 Å². The third-order valence-corrected chi connectivity index (χ3v) is 12.4. The number of hydrogen-bond acceptors (Lipinski definition) is 5. The van der Waals surface area contributed by atoms with Crippen LogP contribution in [0.3, 0.4) is 0 Å². The molecule has 0 amide bonds. The van der Waals surface area contributed by atoms with Crippen LogP contribution in [0, 0.1) is 0 Å². The standard InChI is InChI=1S/C58H36N6O/c1-5-18-37(19-6-1)41-26-15-27-42(36-41)56-60-55(39-22-9-3-10-23-39)61-58(62-56)64-49-35-34-46-54(65-57(59-46)40-24-11-4-12-25-40)52(49)45-30-17-33-50(53(45)64)63-47-31-14-13-28-44(47)51-43(29-16-32-48(51)63)38-20-7-2-8-21-38/h1-36H. The first-order valence-electron chi connectivity index (χ1n) is 21.7. The normalized spacial score (nSPS) is 11.7. The van der Waals surface area contributed by atoms with E-state index >= 15 is 0 Å². The summed E-state index contributed by atoms with van der Waals surface area (Å²) in [7, 11) is 0. The van der Waals surface area contributed by atoms with Gasteiger partial charge in [-0.05, 0) is 70.8 Å². The van der Waals surface area contributed by atoms with Crippen molar-refractivity contribution >= 4 is 54.7 Å². The van der Waals surface area contributed by atoms with Gasteiger partial charge in [-0.2, -0.15) is 9.97 Å². The molecule has 0 spiro atoms. The average Bonchev–Trinajstić information content (AvgIpc) is 4.08. The Morgan fingerprint density at radius 3 is 1.69 bits per heavy atom. The summed E-state index contributed by atoms with van der Waals surface area (Å²) >= 11 is 0. The first kappa shape index (κ1) is 36.7. The molecule has 0 radical (unpaired) electrons. The van der Waals surface area contributed by atoms with Crippen molar-refractivity contribution in [3.05, 3.63) is 218 Å². The Hall–Kier alpha value is -8.94. The molecule has 0 saturated carbocycles. The second-order valence-electron chi connectivity index (χ2n) is 16.2. The zero-order chi connectivity index (χ0) is 42.8. The molecule has 0 unspecified atom stereocenters. The fourth-order valence-corrected chi connectivity index (χ4v) is 9.52. The summed E-state index contributed by atoms with van der Waals surface area (Å²) in [5, 5.41) is 4.26. The lowest BCUT2D eigenvalue weighted by Crippen LogP contribution is -2.08. The maximum Gasteiger partial charge on any atom is 0.238 e. The van der Waals surface area contributed by atoms with Gasteiger partial charge in [0.2, 0.25) is 11.8 Å². The van der Waals surface area contributed by atoms with Crippen LogP contribution < -0.4 is 0 Å². The lowest BCUT2D eigenvalue weighted by Gasteiger charge is -2.15. The van der Waals surface area contributed by atoms with Crippen LogP contribution >= 0.6 is 0 Å². The second-order valence-corrected chi connectivity index (χ2v) is 16.2. The fourth-order valence-electron chi connectivity index (χ4n) is 9.52. The highest BCUT2D eigenvalue weighted by Gasteiger charge is 2.26. The molecule has 4 aromatic heterocycles. The van der Waals surface area contributed by atoms with E-state index in [4.69, 9.17) is 24.4 Å². The molecule has 13 rings (SSSR count). The quantitative estimate of drug-likeness (QED) is 0.160. The Bertz CT molecular complexity index is 3930. The van der Waals surface area contributed by atoms with E-state index in [9.17, 15) is 0 Å². The molecule has 65 heavy (non-hydrogen) atoms. The highest BCUT2D eigenvalue weighted by atomic mass is 16.3. The number of para-hydroxylation sites is 2. The topological polar surface area (TPSA) is 74.6 Å². The van der Waals surface area contributed by atoms with Gasteiger partial charge in [-0.25, -0.2) is 9.97 Å². The van der Waals surface area contributed by atoms with Gasteiger partial charge in [0.15, 0.2) is 17.2 Å². The van der Waals surface area contributed by atoms with Crippen molar-refractivity contribution in [1.82, 2.24) is 29.1 Å². The molecule has 0 saturated heterocycles. The Morgan fingerprint density at radius 1 is 0.354 bits per heavy atom. The van der Waals surface area contributed by atoms with Gasteiger partial charge in [0.05, 0.1) is 33.1 Å². The molecule has 0 aliphatic rings. The van der Waals surface area contributed by atoms with Crippen molar-refractivity contribution < 1.29 is 4.42 Å². The highest BCUT2D eigenvalue weighted by Crippen LogP contribution is 2.44. The molecule has 0 aliphatic carbocycles. The lowest BCUT2D eigenvalue weighted by atomic mass is 9.99. The molecular weight excluding hydrogens is 797 g/mol. The van der Waals surface area contributed by atoms with Gasteiger partial charge in [0, 0.05) is 32.8 Å². The Balaban J connectivity index is 1.15. The molecule has 7 heteroatoms. The molecule has 0 atom stereocenters. The number of hydrogen-bond donors (Lipinski definition) is 0. The van der Waals surface area contributed by atoms with E-state index in [2.05, 4.69) is 155 Å². The summed E-state index contributed by atoms with van der Waals surface area (Å²) in [6, 6.07) is 75.6. The zero-order valence-electron chi connectivity index (χ0n) is 34.9. The van der Waals surface area contributed by atoms with Crippen molar-refractivity contribution in [2.75, 3.05) is 0 Å². The summed E-state index contributed by atoms with van der Waals surface area (Å²) in [5.74, 6) is 2.18. The third-order valence-electron chi connectivity index (χ3n) is 12.4. The number of benzene rings is 9. The summed E-state index contributed by atoms with van der Waals surface area (Å²) in [6.07, 6.45) is 0. The Labute approximate surface area is 373 Å². The fraction of sp³-hybridized carbons (Fsp3) is 0. The van der Waals surface area contributed by atoms with Crippen LogP contribution in [-0.2, 0) is 0 Å². The van der Waals surface area contributed by atoms with Crippen LogP contribution in [0.15, 0.2) is 223 Å². The number of oxazole rings is 1.